The Morgan fingerprint density at radius 1 is 1.47 bits per heavy atom. The number of fused-ring (bicyclic) bond motifs is 1. The molecule has 19 heavy (non-hydrogen) atoms. The van der Waals surface area contributed by atoms with Crippen molar-refractivity contribution in [3.63, 3.8) is 0 Å². The van der Waals surface area contributed by atoms with Gasteiger partial charge in [-0.2, -0.15) is 0 Å². The van der Waals surface area contributed by atoms with Crippen molar-refractivity contribution >= 4 is 17.2 Å². The fourth-order valence-electron chi connectivity index (χ4n) is 2.64. The van der Waals surface area contributed by atoms with Gasteiger partial charge >= 0.3 is 11.8 Å². The van der Waals surface area contributed by atoms with Gasteiger partial charge in [0.1, 0.15) is 0 Å². The molecule has 6 nitrogen and oxygen atoms in total. The molecule has 1 aliphatic rings. The fourth-order valence-corrected chi connectivity index (χ4v) is 2.64. The van der Waals surface area contributed by atoms with Crippen molar-refractivity contribution in [2.75, 3.05) is 13.1 Å². The van der Waals surface area contributed by atoms with E-state index in [0.717, 1.165) is 18.4 Å². The number of carboxylic acid groups (broad SMARTS) is 1. The first-order chi connectivity index (χ1) is 9.13. The Bertz CT molecular complexity index is 673. The maximum Gasteiger partial charge on any atom is 0.417 e. The lowest BCUT2D eigenvalue weighted by Crippen LogP contribution is -2.38. The molecule has 1 aromatic heterocycles. The van der Waals surface area contributed by atoms with E-state index in [0.29, 0.717) is 24.2 Å². The molecular formula is C13H14N2O4. The molecule has 0 bridgehead atoms. The second-order valence-electron chi connectivity index (χ2n) is 4.84. The van der Waals surface area contributed by atoms with E-state index in [4.69, 9.17) is 9.52 Å². The van der Waals surface area contributed by atoms with Crippen LogP contribution in [0.1, 0.15) is 24.3 Å². The van der Waals surface area contributed by atoms with Crippen molar-refractivity contribution in [1.29, 1.82) is 0 Å². The van der Waals surface area contributed by atoms with Gasteiger partial charge in [-0.05, 0) is 30.5 Å². The molecule has 2 aromatic rings. The first-order valence-electron chi connectivity index (χ1n) is 6.24. The molecule has 1 unspecified atom stereocenters. The molecule has 1 saturated heterocycles. The van der Waals surface area contributed by atoms with Crippen LogP contribution < -0.4 is 5.76 Å². The van der Waals surface area contributed by atoms with Gasteiger partial charge in [0.15, 0.2) is 5.58 Å². The smallest absolute Gasteiger partial charge is 0.417 e. The number of piperidine rings is 1. The molecule has 1 atom stereocenters. The van der Waals surface area contributed by atoms with Gasteiger partial charge in [-0.3, -0.25) is 4.98 Å². The Morgan fingerprint density at radius 3 is 3.11 bits per heavy atom. The van der Waals surface area contributed by atoms with E-state index >= 15 is 0 Å². The lowest BCUT2D eigenvalue weighted by atomic mass is 9.90. The maximum atomic E-state index is 11.1. The zero-order valence-electron chi connectivity index (χ0n) is 10.3. The first kappa shape index (κ1) is 11.8. The summed E-state index contributed by atoms with van der Waals surface area (Å²) in [5, 5.41) is 9.04. The molecule has 100 valence electrons. The van der Waals surface area contributed by atoms with Crippen molar-refractivity contribution < 1.29 is 14.3 Å². The van der Waals surface area contributed by atoms with Crippen molar-refractivity contribution in [2.24, 2.45) is 0 Å². The lowest BCUT2D eigenvalue weighted by molar-refractivity contribution is 0.130. The van der Waals surface area contributed by atoms with Crippen LogP contribution in [0.4, 0.5) is 4.79 Å². The highest BCUT2D eigenvalue weighted by Gasteiger charge is 2.24. The van der Waals surface area contributed by atoms with E-state index in [1.807, 2.05) is 12.1 Å². The number of oxazole rings is 1. The summed E-state index contributed by atoms with van der Waals surface area (Å²) in [5.41, 5.74) is 2.20. The van der Waals surface area contributed by atoms with E-state index in [9.17, 15) is 9.59 Å². The number of amides is 1. The predicted octanol–water partition coefficient (Wildman–Crippen LogP) is 1.98. The van der Waals surface area contributed by atoms with Gasteiger partial charge in [0.2, 0.25) is 0 Å². The molecule has 1 aromatic carbocycles. The molecule has 2 N–H and O–H groups in total. The van der Waals surface area contributed by atoms with E-state index in [1.54, 1.807) is 6.07 Å². The number of hydrogen-bond acceptors (Lipinski definition) is 3. The fraction of sp³-hybridized carbons (Fsp3) is 0.385. The van der Waals surface area contributed by atoms with Crippen LogP contribution in [0.5, 0.6) is 0 Å². The third-order valence-corrected chi connectivity index (χ3v) is 3.61. The van der Waals surface area contributed by atoms with Gasteiger partial charge in [-0.15, -0.1) is 0 Å². The van der Waals surface area contributed by atoms with Crippen molar-refractivity contribution in [2.45, 2.75) is 18.8 Å². The predicted molar refractivity (Wildman–Crippen MR) is 68.4 cm³/mol. The Hall–Kier alpha value is -2.24. The molecule has 2 heterocycles. The van der Waals surface area contributed by atoms with Crippen LogP contribution in [-0.2, 0) is 0 Å². The van der Waals surface area contributed by atoms with Crippen LogP contribution in [0.25, 0.3) is 11.1 Å². The number of aromatic nitrogens is 1. The largest absolute Gasteiger partial charge is 0.465 e. The second-order valence-corrected chi connectivity index (χ2v) is 4.84. The highest BCUT2D eigenvalue weighted by Crippen LogP contribution is 2.28. The van der Waals surface area contributed by atoms with Crippen molar-refractivity contribution in [3.05, 3.63) is 34.3 Å². The second kappa shape index (κ2) is 4.46. The summed E-state index contributed by atoms with van der Waals surface area (Å²) < 4.78 is 5.03. The van der Waals surface area contributed by atoms with Crippen LogP contribution in [0, 0.1) is 0 Å². The summed E-state index contributed by atoms with van der Waals surface area (Å²) >= 11 is 0. The Labute approximate surface area is 108 Å². The molecular weight excluding hydrogens is 248 g/mol. The van der Waals surface area contributed by atoms with Crippen molar-refractivity contribution in [3.8, 4) is 0 Å². The molecule has 3 rings (SSSR count). The van der Waals surface area contributed by atoms with Crippen LogP contribution in [0.15, 0.2) is 27.4 Å². The Balaban J connectivity index is 1.90. The summed E-state index contributed by atoms with van der Waals surface area (Å²) in [7, 11) is 0. The minimum absolute atomic E-state index is 0.162. The summed E-state index contributed by atoms with van der Waals surface area (Å²) in [5.74, 6) is -0.308. The summed E-state index contributed by atoms with van der Waals surface area (Å²) in [6.45, 7) is 1.09. The molecule has 1 amide bonds. The standard InChI is InChI=1S/C13H14N2O4/c16-12-14-10-4-3-8(6-11(10)19-12)9-2-1-5-15(7-9)13(17)18/h3-4,6,9H,1-2,5,7H2,(H,14,16)(H,17,18). The lowest BCUT2D eigenvalue weighted by Gasteiger charge is -2.30. The topological polar surface area (TPSA) is 86.5 Å². The highest BCUT2D eigenvalue weighted by molar-refractivity contribution is 5.73. The van der Waals surface area contributed by atoms with Gasteiger partial charge < -0.3 is 14.4 Å². The average molecular weight is 262 g/mol. The molecule has 0 radical (unpaired) electrons. The minimum atomic E-state index is -0.876. The monoisotopic (exact) mass is 262 g/mol. The number of benzene rings is 1. The zero-order chi connectivity index (χ0) is 13.4. The normalized spacial score (nSPS) is 19.8. The summed E-state index contributed by atoms with van der Waals surface area (Å²) in [6.07, 6.45) is 0.926. The molecule has 6 heteroatoms. The number of rotatable bonds is 1. The van der Waals surface area contributed by atoms with Gasteiger partial charge in [0.05, 0.1) is 5.52 Å². The number of nitrogens with zero attached hydrogens (tertiary/aromatic N) is 1. The molecule has 0 saturated carbocycles. The first-order valence-corrected chi connectivity index (χ1v) is 6.24. The van der Waals surface area contributed by atoms with Gasteiger partial charge in [-0.1, -0.05) is 6.07 Å². The maximum absolute atomic E-state index is 11.1. The zero-order valence-corrected chi connectivity index (χ0v) is 10.3. The summed E-state index contributed by atoms with van der Waals surface area (Å²) in [6, 6.07) is 5.54. The van der Waals surface area contributed by atoms with Gasteiger partial charge in [-0.25, -0.2) is 9.59 Å². The molecule has 0 spiro atoms. The average Bonchev–Trinajstić information content (AvgIpc) is 2.77. The quantitative estimate of drug-likeness (QED) is 0.822. The van der Waals surface area contributed by atoms with Crippen LogP contribution >= 0.6 is 0 Å². The SMILES string of the molecule is O=C(O)N1CCCC(c2ccc3[nH]c(=O)oc3c2)C1. The number of carbonyl (C=O) groups is 1. The number of nitrogens with one attached hydrogen (secondary N) is 1. The number of aromatic amines is 1. The number of likely N-dealkylation sites (tertiary alicyclic amines) is 1. The van der Waals surface area contributed by atoms with E-state index in [-0.39, 0.29) is 5.92 Å². The molecule has 1 aliphatic heterocycles. The van der Waals surface area contributed by atoms with Crippen LogP contribution in [-0.4, -0.2) is 34.2 Å². The van der Waals surface area contributed by atoms with Crippen LogP contribution in [0.3, 0.4) is 0 Å². The number of H-pyrrole nitrogens is 1. The third kappa shape index (κ3) is 2.21. The Morgan fingerprint density at radius 2 is 2.32 bits per heavy atom. The van der Waals surface area contributed by atoms with E-state index in [1.165, 1.54) is 4.90 Å². The molecule has 0 aliphatic carbocycles. The van der Waals surface area contributed by atoms with Gasteiger partial charge in [0.25, 0.3) is 0 Å². The van der Waals surface area contributed by atoms with Crippen molar-refractivity contribution in [1.82, 2.24) is 9.88 Å². The Kier molecular flexibility index (Phi) is 2.77. The number of hydrogen-bond donors (Lipinski definition) is 2. The van der Waals surface area contributed by atoms with Gasteiger partial charge in [0, 0.05) is 19.0 Å². The van der Waals surface area contributed by atoms with E-state index in [2.05, 4.69) is 4.98 Å². The minimum Gasteiger partial charge on any atom is -0.465 e. The molecule has 1 fully saturated rings. The third-order valence-electron chi connectivity index (χ3n) is 3.61. The van der Waals surface area contributed by atoms with E-state index < -0.39 is 11.8 Å². The summed E-state index contributed by atoms with van der Waals surface area (Å²) in [4.78, 5) is 26.1. The highest BCUT2D eigenvalue weighted by atomic mass is 16.4. The van der Waals surface area contributed by atoms with Crippen LogP contribution in [0.2, 0.25) is 0 Å².